The quantitative estimate of drug-likeness (QED) is 0.844. The van der Waals surface area contributed by atoms with Gasteiger partial charge in [-0.25, -0.2) is 18.6 Å². The van der Waals surface area contributed by atoms with Crippen LogP contribution < -0.4 is 4.74 Å². The maximum Gasteiger partial charge on any atom is 0.573 e. The van der Waals surface area contributed by atoms with E-state index in [-0.39, 0.29) is 0 Å². The minimum Gasteiger partial charge on any atom is -0.476 e. The summed E-state index contributed by atoms with van der Waals surface area (Å²) in [4.78, 5) is 13.3. The van der Waals surface area contributed by atoms with Gasteiger partial charge in [0.25, 0.3) is 0 Å². The van der Waals surface area contributed by atoms with Crippen molar-refractivity contribution >= 4 is 5.97 Å². The second kappa shape index (κ2) is 4.52. The van der Waals surface area contributed by atoms with Gasteiger partial charge in [0.2, 0.25) is 0 Å². The average molecular weight is 257 g/mol. The second-order valence-corrected chi connectivity index (χ2v) is 2.75. The van der Waals surface area contributed by atoms with Gasteiger partial charge in [0.15, 0.2) is 17.3 Å². The number of pyridine rings is 1. The molecule has 94 valence electrons. The zero-order chi connectivity index (χ0) is 13.2. The fourth-order valence-corrected chi connectivity index (χ4v) is 0.995. The number of alkyl halides is 4. The summed E-state index contributed by atoms with van der Waals surface area (Å²) in [6.07, 6.45) is -4.85. The van der Waals surface area contributed by atoms with Crippen molar-refractivity contribution in [3.63, 3.8) is 0 Å². The lowest BCUT2D eigenvalue weighted by molar-refractivity contribution is -0.275. The molecule has 0 bridgehead atoms. The van der Waals surface area contributed by atoms with Crippen molar-refractivity contribution in [1.82, 2.24) is 4.98 Å². The highest BCUT2D eigenvalue weighted by Gasteiger charge is 2.33. The lowest BCUT2D eigenvalue weighted by Gasteiger charge is -2.12. The lowest BCUT2D eigenvalue weighted by Crippen LogP contribution is -2.19. The molecule has 4 nitrogen and oxygen atoms in total. The van der Waals surface area contributed by atoms with Crippen LogP contribution in [0.5, 0.6) is 5.75 Å². The van der Waals surface area contributed by atoms with Crippen LogP contribution in [-0.2, 0) is 6.67 Å². The van der Waals surface area contributed by atoms with Crippen molar-refractivity contribution in [2.45, 2.75) is 13.0 Å². The normalized spacial score (nSPS) is 11.4. The SMILES string of the molecule is O=C(O)c1ncc(OC(F)(F)F)c(CF)c1F. The molecule has 0 saturated heterocycles. The van der Waals surface area contributed by atoms with Crippen LogP contribution in [0.25, 0.3) is 0 Å². The van der Waals surface area contributed by atoms with E-state index >= 15 is 0 Å². The number of aromatic carboxylic acids is 1. The Bertz CT molecular complexity index is 446. The fourth-order valence-electron chi connectivity index (χ4n) is 0.995. The van der Waals surface area contributed by atoms with Gasteiger partial charge < -0.3 is 9.84 Å². The van der Waals surface area contributed by atoms with Crippen molar-refractivity contribution in [2.75, 3.05) is 0 Å². The molecule has 0 radical (unpaired) electrons. The summed E-state index contributed by atoms with van der Waals surface area (Å²) in [6, 6.07) is 0. The van der Waals surface area contributed by atoms with Gasteiger partial charge in [0, 0.05) is 0 Å². The van der Waals surface area contributed by atoms with Gasteiger partial charge in [0.05, 0.1) is 11.8 Å². The van der Waals surface area contributed by atoms with E-state index in [1.54, 1.807) is 0 Å². The predicted molar refractivity (Wildman–Crippen MR) is 42.6 cm³/mol. The van der Waals surface area contributed by atoms with Crippen LogP contribution in [0.3, 0.4) is 0 Å². The monoisotopic (exact) mass is 257 g/mol. The molecule has 0 aliphatic heterocycles. The minimum absolute atomic E-state index is 0.301. The maximum atomic E-state index is 13.2. The van der Waals surface area contributed by atoms with Gasteiger partial charge in [-0.3, -0.25) is 0 Å². The van der Waals surface area contributed by atoms with Gasteiger partial charge in [-0.15, -0.1) is 13.2 Å². The van der Waals surface area contributed by atoms with Gasteiger partial charge in [-0.1, -0.05) is 0 Å². The molecule has 9 heteroatoms. The third-order valence-electron chi connectivity index (χ3n) is 1.64. The van der Waals surface area contributed by atoms with E-state index in [4.69, 9.17) is 5.11 Å². The summed E-state index contributed by atoms with van der Waals surface area (Å²) in [7, 11) is 0. The molecule has 0 atom stereocenters. The Kier molecular flexibility index (Phi) is 3.49. The second-order valence-electron chi connectivity index (χ2n) is 2.75. The third kappa shape index (κ3) is 3.02. The van der Waals surface area contributed by atoms with E-state index in [1.165, 1.54) is 0 Å². The number of halogens is 5. The number of hydrogen-bond acceptors (Lipinski definition) is 3. The van der Waals surface area contributed by atoms with Gasteiger partial charge in [-0.05, 0) is 0 Å². The first kappa shape index (κ1) is 13.1. The van der Waals surface area contributed by atoms with E-state index in [0.29, 0.717) is 6.20 Å². The Balaban J connectivity index is 3.26. The first-order chi connectivity index (χ1) is 7.76. The summed E-state index contributed by atoms with van der Waals surface area (Å²) in [6.45, 7) is -1.65. The summed E-state index contributed by atoms with van der Waals surface area (Å²) < 4.78 is 64.4. The molecular formula is C8H4F5NO3. The molecule has 17 heavy (non-hydrogen) atoms. The van der Waals surface area contributed by atoms with E-state index in [1.807, 2.05) is 0 Å². The highest BCUT2D eigenvalue weighted by Crippen LogP contribution is 2.29. The maximum absolute atomic E-state index is 13.2. The molecule has 0 aliphatic rings. The largest absolute Gasteiger partial charge is 0.573 e. The van der Waals surface area contributed by atoms with Crippen LogP contribution in [0.4, 0.5) is 22.0 Å². The number of carbonyl (C=O) groups is 1. The van der Waals surface area contributed by atoms with Crippen LogP contribution in [-0.4, -0.2) is 22.4 Å². The van der Waals surface area contributed by atoms with E-state index in [2.05, 4.69) is 9.72 Å². The van der Waals surface area contributed by atoms with Crippen LogP contribution in [0.15, 0.2) is 6.20 Å². The Morgan fingerprint density at radius 1 is 1.47 bits per heavy atom. The van der Waals surface area contributed by atoms with Crippen molar-refractivity contribution in [1.29, 1.82) is 0 Å². The van der Waals surface area contributed by atoms with E-state index in [9.17, 15) is 26.7 Å². The van der Waals surface area contributed by atoms with E-state index in [0.717, 1.165) is 0 Å². The molecule has 0 spiro atoms. The summed E-state index contributed by atoms with van der Waals surface area (Å²) in [5, 5.41) is 8.42. The Morgan fingerprint density at radius 2 is 2.06 bits per heavy atom. The number of hydrogen-bond donors (Lipinski definition) is 1. The smallest absolute Gasteiger partial charge is 0.476 e. The Labute approximate surface area is 90.6 Å². The lowest BCUT2D eigenvalue weighted by atomic mass is 10.2. The van der Waals surface area contributed by atoms with Crippen LogP contribution >= 0.6 is 0 Å². The summed E-state index contributed by atoms with van der Waals surface area (Å²) in [5.74, 6) is -4.72. The van der Waals surface area contributed by atoms with Gasteiger partial charge >= 0.3 is 12.3 Å². The molecule has 1 aromatic rings. The average Bonchev–Trinajstić information content (AvgIpc) is 2.15. The number of aromatic nitrogens is 1. The number of ether oxygens (including phenoxy) is 1. The molecule has 0 fully saturated rings. The molecular weight excluding hydrogens is 253 g/mol. The molecule has 1 N–H and O–H groups in total. The molecule has 0 unspecified atom stereocenters. The highest BCUT2D eigenvalue weighted by molar-refractivity contribution is 5.86. The first-order valence-electron chi connectivity index (χ1n) is 3.98. The Hall–Kier alpha value is -1.93. The van der Waals surface area contributed by atoms with Crippen LogP contribution in [0.1, 0.15) is 16.1 Å². The zero-order valence-corrected chi connectivity index (χ0v) is 7.89. The minimum atomic E-state index is -5.15. The molecule has 0 saturated carbocycles. The van der Waals surface area contributed by atoms with Crippen LogP contribution in [0.2, 0.25) is 0 Å². The van der Waals surface area contributed by atoms with Gasteiger partial charge in [-0.2, -0.15) is 0 Å². The van der Waals surface area contributed by atoms with Gasteiger partial charge in [0.1, 0.15) is 6.67 Å². The predicted octanol–water partition coefficient (Wildman–Crippen LogP) is 2.29. The number of nitrogens with zero attached hydrogens (tertiary/aromatic N) is 1. The number of carboxylic acids is 1. The van der Waals surface area contributed by atoms with Crippen molar-refractivity contribution in [3.8, 4) is 5.75 Å². The summed E-state index contributed by atoms with van der Waals surface area (Å²) >= 11 is 0. The highest BCUT2D eigenvalue weighted by atomic mass is 19.4. The van der Waals surface area contributed by atoms with E-state index < -0.39 is 41.8 Å². The molecule has 1 rings (SSSR count). The standard InChI is InChI=1S/C8H4F5NO3/c9-1-3-4(17-8(11,12)13)2-14-6(5(3)10)7(15)16/h2H,1H2,(H,15,16). The number of carboxylic acid groups (broad SMARTS) is 1. The molecule has 0 aliphatic carbocycles. The Morgan fingerprint density at radius 3 is 2.47 bits per heavy atom. The van der Waals surface area contributed by atoms with Crippen LogP contribution in [0, 0.1) is 5.82 Å². The zero-order valence-electron chi connectivity index (χ0n) is 7.89. The molecule has 0 amide bonds. The first-order valence-corrected chi connectivity index (χ1v) is 3.98. The van der Waals surface area contributed by atoms with Crippen molar-refractivity contribution in [2.24, 2.45) is 0 Å². The van der Waals surface area contributed by atoms with Crippen molar-refractivity contribution < 1.29 is 36.6 Å². The molecule has 1 aromatic heterocycles. The number of rotatable bonds is 3. The fraction of sp³-hybridized carbons (Fsp3) is 0.250. The molecule has 0 aromatic carbocycles. The van der Waals surface area contributed by atoms with Crippen molar-refractivity contribution in [3.05, 3.63) is 23.3 Å². The summed E-state index contributed by atoms with van der Waals surface area (Å²) in [5.41, 5.74) is -2.32. The third-order valence-corrected chi connectivity index (χ3v) is 1.64. The topological polar surface area (TPSA) is 59.4 Å². The molecule has 1 heterocycles.